The van der Waals surface area contributed by atoms with Crippen LogP contribution in [0.5, 0.6) is 0 Å². The summed E-state index contributed by atoms with van der Waals surface area (Å²) >= 11 is 4.51. The first kappa shape index (κ1) is 10.2. The molecule has 0 aliphatic rings. The third kappa shape index (κ3) is 7.12. The van der Waals surface area contributed by atoms with Crippen molar-refractivity contribution in [1.29, 1.82) is 0 Å². The van der Waals surface area contributed by atoms with E-state index in [1.165, 1.54) is 12.5 Å². The van der Waals surface area contributed by atoms with E-state index < -0.39 is 0 Å². The minimum Gasteiger partial charge on any atom is -0.469 e. The van der Waals surface area contributed by atoms with Gasteiger partial charge in [-0.1, -0.05) is 12.2 Å². The Morgan fingerprint density at radius 1 is 1.73 bits per heavy atom. The van der Waals surface area contributed by atoms with E-state index in [0.29, 0.717) is 19.4 Å². The van der Waals surface area contributed by atoms with E-state index in [9.17, 15) is 4.79 Å². The van der Waals surface area contributed by atoms with Crippen molar-refractivity contribution in [3.63, 3.8) is 0 Å². The van der Waals surface area contributed by atoms with Crippen molar-refractivity contribution in [3.8, 4) is 0 Å². The Hall–Kier alpha value is -0.770. The third-order valence-corrected chi connectivity index (χ3v) is 1.18. The predicted molar refractivity (Wildman–Crippen MR) is 48.3 cm³/mol. The topological polar surface area (TPSA) is 38.7 Å². The van der Waals surface area contributed by atoms with Crippen molar-refractivity contribution in [2.45, 2.75) is 12.8 Å². The van der Waals surface area contributed by atoms with E-state index in [-0.39, 0.29) is 5.97 Å². The van der Waals surface area contributed by atoms with E-state index in [1.54, 1.807) is 6.21 Å². The maximum absolute atomic E-state index is 10.5. The highest BCUT2D eigenvalue weighted by Gasteiger charge is 1.96. The minimum atomic E-state index is -0.192. The van der Waals surface area contributed by atoms with Gasteiger partial charge in [0.25, 0.3) is 0 Å². The Morgan fingerprint density at radius 2 is 2.45 bits per heavy atom. The van der Waals surface area contributed by atoms with E-state index >= 15 is 0 Å². The number of hydrogen-bond donors (Lipinski definition) is 0. The predicted octanol–water partition coefficient (Wildman–Crippen LogP) is 1.01. The molecule has 3 nitrogen and oxygen atoms in total. The molecule has 0 aromatic heterocycles. The molecule has 0 aromatic carbocycles. The Balaban J connectivity index is 3.20. The number of esters is 1. The van der Waals surface area contributed by atoms with Crippen molar-refractivity contribution in [2.24, 2.45) is 4.99 Å². The quantitative estimate of drug-likeness (QED) is 0.269. The number of carbonyl (C=O) groups is 1. The van der Waals surface area contributed by atoms with Crippen LogP contribution in [0.15, 0.2) is 4.99 Å². The van der Waals surface area contributed by atoms with Crippen LogP contribution in [0, 0.1) is 0 Å². The average Bonchev–Trinajstić information content (AvgIpc) is 2.04. The minimum absolute atomic E-state index is 0.192. The van der Waals surface area contributed by atoms with E-state index in [4.69, 9.17) is 0 Å². The van der Waals surface area contributed by atoms with Crippen molar-refractivity contribution in [1.82, 2.24) is 0 Å². The van der Waals surface area contributed by atoms with Crippen LogP contribution in [0.3, 0.4) is 0 Å². The molecule has 0 fully saturated rings. The smallest absolute Gasteiger partial charge is 0.305 e. The fraction of sp³-hybridized carbons (Fsp3) is 0.571. The molecule has 62 valence electrons. The number of methoxy groups -OCH3 is 1. The van der Waals surface area contributed by atoms with Gasteiger partial charge in [0.05, 0.1) is 7.11 Å². The lowest BCUT2D eigenvalue weighted by molar-refractivity contribution is -0.140. The highest BCUT2D eigenvalue weighted by molar-refractivity contribution is 7.80. The standard InChI is InChI=1S/C7H11NO2S/c1-10-7(9)3-2-4-8-5-6-11/h5-6H,2-4H2,1H3. The lowest BCUT2D eigenvalue weighted by Gasteiger charge is -1.94. The molecule has 0 aromatic rings. The summed E-state index contributed by atoms with van der Waals surface area (Å²) in [5.74, 6) is -0.192. The maximum Gasteiger partial charge on any atom is 0.305 e. The molecule has 0 unspecified atom stereocenters. The molecule has 0 radical (unpaired) electrons. The van der Waals surface area contributed by atoms with Gasteiger partial charge in [-0.05, 0) is 6.42 Å². The van der Waals surface area contributed by atoms with Crippen LogP contribution in [-0.4, -0.2) is 31.2 Å². The molecule has 11 heavy (non-hydrogen) atoms. The second kappa shape index (κ2) is 7.34. The van der Waals surface area contributed by atoms with Crippen LogP contribution in [0.4, 0.5) is 0 Å². The first-order chi connectivity index (χ1) is 5.31. The summed E-state index contributed by atoms with van der Waals surface area (Å²) in [5.41, 5.74) is 0. The van der Waals surface area contributed by atoms with Crippen LogP contribution in [-0.2, 0) is 9.53 Å². The zero-order chi connectivity index (χ0) is 8.53. The molecular formula is C7H11NO2S. The number of aliphatic imine (C=N–C) groups is 1. The van der Waals surface area contributed by atoms with Gasteiger partial charge in [0.2, 0.25) is 0 Å². The number of carbonyl (C=O) groups excluding carboxylic acids is 1. The van der Waals surface area contributed by atoms with Gasteiger partial charge in [0.1, 0.15) is 0 Å². The lowest BCUT2D eigenvalue weighted by atomic mass is 10.3. The lowest BCUT2D eigenvalue weighted by Crippen LogP contribution is -2.00. The van der Waals surface area contributed by atoms with Gasteiger partial charge in [-0.2, -0.15) is 0 Å². The van der Waals surface area contributed by atoms with Crippen LogP contribution in [0.2, 0.25) is 0 Å². The van der Waals surface area contributed by atoms with Crippen molar-refractivity contribution < 1.29 is 9.53 Å². The maximum atomic E-state index is 10.5. The summed E-state index contributed by atoms with van der Waals surface area (Å²) in [6.45, 7) is 0.627. The summed E-state index contributed by atoms with van der Waals surface area (Å²) in [7, 11) is 1.38. The summed E-state index contributed by atoms with van der Waals surface area (Å²) in [6, 6.07) is 0. The fourth-order valence-corrected chi connectivity index (χ4v) is 0.620. The fourth-order valence-electron chi connectivity index (χ4n) is 0.534. The summed E-state index contributed by atoms with van der Waals surface area (Å²) < 4.78 is 4.44. The molecule has 4 heteroatoms. The molecule has 0 saturated heterocycles. The van der Waals surface area contributed by atoms with Gasteiger partial charge in [-0.3, -0.25) is 9.79 Å². The van der Waals surface area contributed by atoms with Crippen LogP contribution in [0.25, 0.3) is 0 Å². The molecule has 0 amide bonds. The molecule has 0 aliphatic heterocycles. The molecule has 0 aliphatic carbocycles. The van der Waals surface area contributed by atoms with Crippen molar-refractivity contribution in [3.05, 3.63) is 0 Å². The number of thiocarbonyl (C=S) groups is 1. The van der Waals surface area contributed by atoms with Gasteiger partial charge in [0.15, 0.2) is 0 Å². The van der Waals surface area contributed by atoms with E-state index in [2.05, 4.69) is 21.9 Å². The third-order valence-electron chi connectivity index (χ3n) is 1.06. The van der Waals surface area contributed by atoms with Crippen molar-refractivity contribution in [2.75, 3.05) is 13.7 Å². The Kier molecular flexibility index (Phi) is 6.82. The second-order valence-corrected chi connectivity index (χ2v) is 2.14. The molecule has 0 atom stereocenters. The van der Waals surface area contributed by atoms with Gasteiger partial charge in [0, 0.05) is 24.5 Å². The molecule has 0 heterocycles. The number of rotatable bonds is 5. The van der Waals surface area contributed by atoms with Gasteiger partial charge in [-0.15, -0.1) is 0 Å². The normalized spacial score (nSPS) is 9.91. The highest BCUT2D eigenvalue weighted by atomic mass is 32.1. The average molecular weight is 173 g/mol. The van der Waals surface area contributed by atoms with E-state index in [0.717, 1.165) is 0 Å². The SMILES string of the molecule is COC(=O)CCCN=CC=S. The van der Waals surface area contributed by atoms with E-state index in [1.807, 2.05) is 0 Å². The van der Waals surface area contributed by atoms with Crippen LogP contribution in [0.1, 0.15) is 12.8 Å². The monoisotopic (exact) mass is 173 g/mol. The highest BCUT2D eigenvalue weighted by Crippen LogP contribution is 1.90. The van der Waals surface area contributed by atoms with Gasteiger partial charge >= 0.3 is 5.97 Å². The number of ether oxygens (including phenoxy) is 1. The molecule has 0 saturated carbocycles. The molecule has 0 N–H and O–H groups in total. The number of hydrogen-bond acceptors (Lipinski definition) is 4. The summed E-state index contributed by atoms with van der Waals surface area (Å²) in [6.07, 6.45) is 2.68. The Labute approximate surface area is 71.5 Å². The Bertz CT molecular complexity index is 157. The first-order valence-corrected chi connectivity index (χ1v) is 3.78. The number of nitrogens with zero attached hydrogens (tertiary/aromatic N) is 1. The van der Waals surface area contributed by atoms with Crippen LogP contribution < -0.4 is 0 Å². The van der Waals surface area contributed by atoms with Crippen LogP contribution >= 0.6 is 12.2 Å². The van der Waals surface area contributed by atoms with Gasteiger partial charge < -0.3 is 4.74 Å². The van der Waals surface area contributed by atoms with Crippen molar-refractivity contribution >= 4 is 29.8 Å². The summed E-state index contributed by atoms with van der Waals surface area (Å²) in [4.78, 5) is 14.4. The first-order valence-electron chi connectivity index (χ1n) is 3.31. The molecule has 0 bridgehead atoms. The Morgan fingerprint density at radius 3 is 3.00 bits per heavy atom. The summed E-state index contributed by atoms with van der Waals surface area (Å²) in [5, 5.41) is 1.44. The molecular weight excluding hydrogens is 162 g/mol. The van der Waals surface area contributed by atoms with Gasteiger partial charge in [-0.25, -0.2) is 0 Å². The molecule has 0 spiro atoms. The zero-order valence-electron chi connectivity index (χ0n) is 6.45. The second-order valence-electron chi connectivity index (χ2n) is 1.87. The largest absolute Gasteiger partial charge is 0.469 e. The zero-order valence-corrected chi connectivity index (χ0v) is 7.26. The molecule has 0 rings (SSSR count).